The predicted molar refractivity (Wildman–Crippen MR) is 137 cm³/mol. The van der Waals surface area contributed by atoms with Crippen molar-refractivity contribution in [2.75, 3.05) is 13.1 Å². The molecule has 5 rings (SSSR count). The summed E-state index contributed by atoms with van der Waals surface area (Å²) in [7, 11) is 0. The Morgan fingerprint density at radius 3 is 2.47 bits per heavy atom. The van der Waals surface area contributed by atoms with E-state index >= 15 is 0 Å². The molecule has 2 aromatic carbocycles. The van der Waals surface area contributed by atoms with Gasteiger partial charge in [-0.1, -0.05) is 61.5 Å². The second-order valence-electron chi connectivity index (χ2n) is 9.46. The molecule has 5 heteroatoms. The molecule has 0 N–H and O–H groups in total. The van der Waals surface area contributed by atoms with E-state index in [4.69, 9.17) is 0 Å². The third-order valence-electron chi connectivity index (χ3n) is 7.25. The van der Waals surface area contributed by atoms with Gasteiger partial charge in [0.15, 0.2) is 0 Å². The maximum Gasteiger partial charge on any atom is 0.243 e. The minimum Gasteiger partial charge on any atom is -0.330 e. The van der Waals surface area contributed by atoms with Gasteiger partial charge in [-0.2, -0.15) is 0 Å². The topological polar surface area (TPSA) is 40.6 Å². The number of nitrogens with zero attached hydrogens (tertiary/aromatic N) is 2. The van der Waals surface area contributed by atoms with E-state index in [1.165, 1.54) is 21.6 Å². The molecule has 176 valence electrons. The van der Waals surface area contributed by atoms with Crippen LogP contribution < -0.4 is 0 Å². The van der Waals surface area contributed by atoms with E-state index in [-0.39, 0.29) is 36.4 Å². The van der Waals surface area contributed by atoms with Crippen LogP contribution in [0.25, 0.3) is 0 Å². The highest BCUT2D eigenvalue weighted by Crippen LogP contribution is 2.39. The summed E-state index contributed by atoms with van der Waals surface area (Å²) < 4.78 is 0. The molecule has 1 aliphatic heterocycles. The zero-order chi connectivity index (χ0) is 23.7. The monoisotopic (exact) mass is 472 g/mol. The van der Waals surface area contributed by atoms with Gasteiger partial charge in [-0.15, -0.1) is 11.3 Å². The lowest BCUT2D eigenvalue weighted by Crippen LogP contribution is -2.48. The largest absolute Gasteiger partial charge is 0.330 e. The molecule has 2 amide bonds. The number of carbonyl (C=O) groups excluding carboxylic acids is 2. The van der Waals surface area contributed by atoms with Gasteiger partial charge < -0.3 is 9.80 Å². The lowest BCUT2D eigenvalue weighted by atomic mass is 9.90. The first-order chi connectivity index (χ1) is 16.6. The molecule has 1 fully saturated rings. The number of aryl methyl sites for hydroxylation is 1. The third kappa shape index (κ3) is 4.41. The van der Waals surface area contributed by atoms with Crippen molar-refractivity contribution < 1.29 is 9.59 Å². The minimum absolute atomic E-state index is 0.0493. The van der Waals surface area contributed by atoms with Crippen molar-refractivity contribution >= 4 is 23.2 Å². The standard InChI is InChI=1S/C29H32N2O2S/c1-3-23(21-10-5-4-6-11-21)29(33)31(22-13-14-22)19-27(32)30-17-15-26-25(16-18-34-26)28(30)24-12-8-7-9-20(24)2/h4-12,16,18,22-23,28H,3,13-15,17,19H2,1-2H3. The Hall–Kier alpha value is -2.92. The molecule has 34 heavy (non-hydrogen) atoms. The zero-order valence-electron chi connectivity index (χ0n) is 19.9. The van der Waals surface area contributed by atoms with Crippen LogP contribution in [-0.4, -0.2) is 40.7 Å². The van der Waals surface area contributed by atoms with Crippen molar-refractivity contribution in [3.05, 3.63) is 93.2 Å². The molecule has 0 spiro atoms. The van der Waals surface area contributed by atoms with Gasteiger partial charge in [0.25, 0.3) is 0 Å². The molecule has 2 heterocycles. The minimum atomic E-state index is -0.202. The molecule has 2 atom stereocenters. The number of amides is 2. The molecular weight excluding hydrogens is 440 g/mol. The maximum atomic E-state index is 13.9. The summed E-state index contributed by atoms with van der Waals surface area (Å²) in [6.45, 7) is 5.02. The van der Waals surface area contributed by atoms with Crippen molar-refractivity contribution in [1.82, 2.24) is 9.80 Å². The van der Waals surface area contributed by atoms with Crippen molar-refractivity contribution in [2.24, 2.45) is 0 Å². The van der Waals surface area contributed by atoms with Crippen LogP contribution in [0.4, 0.5) is 0 Å². The van der Waals surface area contributed by atoms with Crippen LogP contribution in [-0.2, 0) is 16.0 Å². The summed E-state index contributed by atoms with van der Waals surface area (Å²) in [5, 5.41) is 2.13. The summed E-state index contributed by atoms with van der Waals surface area (Å²) in [6, 6.07) is 20.6. The molecule has 1 saturated carbocycles. The Labute approximate surface area is 206 Å². The summed E-state index contributed by atoms with van der Waals surface area (Å²) in [4.78, 5) is 32.8. The summed E-state index contributed by atoms with van der Waals surface area (Å²) >= 11 is 1.78. The van der Waals surface area contributed by atoms with Crippen LogP contribution in [0.1, 0.15) is 65.3 Å². The van der Waals surface area contributed by atoms with Gasteiger partial charge in [0.05, 0.1) is 12.0 Å². The smallest absolute Gasteiger partial charge is 0.243 e. The average molecular weight is 473 g/mol. The van der Waals surface area contributed by atoms with Crippen LogP contribution in [0, 0.1) is 6.92 Å². The maximum absolute atomic E-state index is 13.9. The highest BCUT2D eigenvalue weighted by atomic mass is 32.1. The SMILES string of the molecule is CCC(C(=O)N(CC(=O)N1CCc2sccc2C1c1ccccc1C)C1CC1)c1ccccc1. The number of carbonyl (C=O) groups is 2. The van der Waals surface area contributed by atoms with Crippen LogP contribution in [0.15, 0.2) is 66.0 Å². The Morgan fingerprint density at radius 1 is 1.03 bits per heavy atom. The van der Waals surface area contributed by atoms with Gasteiger partial charge in [-0.3, -0.25) is 9.59 Å². The summed E-state index contributed by atoms with van der Waals surface area (Å²) in [5.74, 6) is -0.0647. The lowest BCUT2D eigenvalue weighted by molar-refractivity contribution is -0.143. The van der Waals surface area contributed by atoms with Crippen LogP contribution in [0.2, 0.25) is 0 Å². The number of fused-ring (bicyclic) bond motifs is 1. The third-order valence-corrected chi connectivity index (χ3v) is 8.25. The normalized spacial score (nSPS) is 18.3. The van der Waals surface area contributed by atoms with Crippen molar-refractivity contribution in [1.29, 1.82) is 0 Å². The number of hydrogen-bond donors (Lipinski definition) is 0. The first kappa shape index (κ1) is 22.9. The number of rotatable bonds is 7. The first-order valence-corrected chi connectivity index (χ1v) is 13.2. The Kier molecular flexibility index (Phi) is 6.55. The molecule has 0 bridgehead atoms. The molecule has 1 aliphatic carbocycles. The number of benzene rings is 2. The number of thiophene rings is 1. The fourth-order valence-corrected chi connectivity index (χ4v) is 6.17. The molecular formula is C29H32N2O2S. The van der Waals surface area contributed by atoms with Crippen molar-refractivity contribution in [3.63, 3.8) is 0 Å². The van der Waals surface area contributed by atoms with E-state index in [1.54, 1.807) is 11.3 Å². The molecule has 0 radical (unpaired) electrons. The summed E-state index contributed by atoms with van der Waals surface area (Å²) in [6.07, 6.45) is 3.58. The van der Waals surface area contributed by atoms with E-state index in [0.717, 1.165) is 31.2 Å². The van der Waals surface area contributed by atoms with Gasteiger partial charge in [0.2, 0.25) is 11.8 Å². The van der Waals surface area contributed by atoms with E-state index < -0.39 is 0 Å². The fraction of sp³-hybridized carbons (Fsp3) is 0.379. The summed E-state index contributed by atoms with van der Waals surface area (Å²) in [5.41, 5.74) is 4.63. The molecule has 2 unspecified atom stereocenters. The van der Waals surface area contributed by atoms with E-state index in [2.05, 4.69) is 43.5 Å². The average Bonchev–Trinajstić information content (AvgIpc) is 3.59. The first-order valence-electron chi connectivity index (χ1n) is 12.3. The Morgan fingerprint density at radius 2 is 1.76 bits per heavy atom. The predicted octanol–water partition coefficient (Wildman–Crippen LogP) is 5.72. The molecule has 1 aromatic heterocycles. The molecule has 4 nitrogen and oxygen atoms in total. The Balaban J connectivity index is 1.42. The number of hydrogen-bond acceptors (Lipinski definition) is 3. The van der Waals surface area contributed by atoms with Gasteiger partial charge >= 0.3 is 0 Å². The Bertz CT molecular complexity index is 1170. The van der Waals surface area contributed by atoms with Gasteiger partial charge in [-0.05, 0) is 66.3 Å². The van der Waals surface area contributed by atoms with E-state index in [0.29, 0.717) is 6.54 Å². The van der Waals surface area contributed by atoms with Crippen molar-refractivity contribution in [2.45, 2.75) is 57.5 Å². The van der Waals surface area contributed by atoms with Gasteiger partial charge in [0, 0.05) is 17.5 Å². The second kappa shape index (κ2) is 9.75. The molecule has 2 aliphatic rings. The zero-order valence-corrected chi connectivity index (χ0v) is 20.8. The van der Waals surface area contributed by atoms with Crippen LogP contribution in [0.3, 0.4) is 0 Å². The highest BCUT2D eigenvalue weighted by Gasteiger charge is 2.40. The quantitative estimate of drug-likeness (QED) is 0.442. The van der Waals surface area contributed by atoms with E-state index in [9.17, 15) is 9.59 Å². The second-order valence-corrected chi connectivity index (χ2v) is 10.5. The van der Waals surface area contributed by atoms with Crippen LogP contribution in [0.5, 0.6) is 0 Å². The van der Waals surface area contributed by atoms with E-state index in [1.807, 2.05) is 46.2 Å². The molecule has 3 aromatic rings. The molecule has 0 saturated heterocycles. The van der Waals surface area contributed by atoms with Gasteiger partial charge in [-0.25, -0.2) is 0 Å². The van der Waals surface area contributed by atoms with Crippen LogP contribution >= 0.6 is 11.3 Å². The lowest BCUT2D eigenvalue weighted by Gasteiger charge is -2.38. The van der Waals surface area contributed by atoms with Gasteiger partial charge in [0.1, 0.15) is 6.54 Å². The van der Waals surface area contributed by atoms with Crippen molar-refractivity contribution in [3.8, 4) is 0 Å². The fourth-order valence-electron chi connectivity index (χ4n) is 5.26. The highest BCUT2D eigenvalue weighted by molar-refractivity contribution is 7.10.